The zero-order chi connectivity index (χ0) is 17.9. The molecule has 5 nitrogen and oxygen atoms in total. The fraction of sp³-hybridized carbons (Fsp3) is 0.200. The number of esters is 1. The Hall–Kier alpha value is -2.84. The first-order valence-electron chi connectivity index (χ1n) is 6.59. The molecule has 0 spiro atoms. The molecular weight excluding hydrogens is 334 g/mol. The summed E-state index contributed by atoms with van der Waals surface area (Å²) in [5, 5.41) is 11.3. The van der Waals surface area contributed by atoms with E-state index in [1.165, 1.54) is 6.07 Å². The highest BCUT2D eigenvalue weighted by Crippen LogP contribution is 2.36. The number of allylic oxidation sites excluding steroid dienone is 1. The smallest absolute Gasteiger partial charge is 0.419 e. The molecule has 24 heavy (non-hydrogen) atoms. The Morgan fingerprint density at radius 3 is 2.50 bits per heavy atom. The second-order valence-corrected chi connectivity index (χ2v) is 4.77. The van der Waals surface area contributed by atoms with Crippen LogP contribution in [0.3, 0.4) is 0 Å². The molecule has 0 aliphatic carbocycles. The summed E-state index contributed by atoms with van der Waals surface area (Å²) in [6, 6.07) is 4.12. The van der Waals surface area contributed by atoms with E-state index in [0.29, 0.717) is 0 Å². The molecule has 0 saturated carbocycles. The van der Waals surface area contributed by atoms with Crippen molar-refractivity contribution >= 4 is 11.9 Å². The van der Waals surface area contributed by atoms with Crippen LogP contribution in [0, 0.1) is 0 Å². The number of hydrogen-bond donors (Lipinski definition) is 2. The van der Waals surface area contributed by atoms with Gasteiger partial charge in [0.15, 0.2) is 0 Å². The number of aliphatic carboxylic acids is 1. The van der Waals surface area contributed by atoms with Gasteiger partial charge in [-0.15, -0.1) is 0 Å². The van der Waals surface area contributed by atoms with E-state index in [4.69, 9.17) is 9.84 Å². The maximum Gasteiger partial charge on any atom is 0.419 e. The minimum Gasteiger partial charge on any atom is -0.478 e. The normalized spacial score (nSPS) is 14.8. The Morgan fingerprint density at radius 1 is 1.25 bits per heavy atom. The summed E-state index contributed by atoms with van der Waals surface area (Å²) in [6.45, 7) is -1.09. The van der Waals surface area contributed by atoms with Gasteiger partial charge in [-0.1, -0.05) is 12.1 Å². The number of nitrogens with one attached hydrogen (secondary N) is 1. The van der Waals surface area contributed by atoms with Crippen LogP contribution in [0.5, 0.6) is 5.75 Å². The van der Waals surface area contributed by atoms with Crippen LogP contribution in [-0.2, 0) is 15.8 Å². The molecule has 1 aromatic carbocycles. The highest BCUT2D eigenvalue weighted by atomic mass is 19.4. The second-order valence-electron chi connectivity index (χ2n) is 4.77. The maximum atomic E-state index is 12.9. The molecule has 1 aromatic rings. The number of alkyl halides is 4. The molecule has 1 aliphatic heterocycles. The van der Waals surface area contributed by atoms with Crippen molar-refractivity contribution in [3.05, 3.63) is 52.9 Å². The molecule has 9 heteroatoms. The molecule has 1 aliphatic rings. The van der Waals surface area contributed by atoms with Crippen molar-refractivity contribution in [1.29, 1.82) is 0 Å². The molecule has 0 atom stereocenters. The third-order valence-electron chi connectivity index (χ3n) is 3.20. The van der Waals surface area contributed by atoms with Gasteiger partial charge in [-0.25, -0.2) is 14.0 Å². The van der Waals surface area contributed by atoms with E-state index in [-0.39, 0.29) is 11.3 Å². The zero-order valence-electron chi connectivity index (χ0n) is 12.0. The number of para-hydroxylation sites is 1. The first-order valence-corrected chi connectivity index (χ1v) is 6.59. The van der Waals surface area contributed by atoms with Crippen molar-refractivity contribution < 1.29 is 37.0 Å². The van der Waals surface area contributed by atoms with Crippen LogP contribution < -0.4 is 10.1 Å². The second kappa shape index (κ2) is 6.73. The van der Waals surface area contributed by atoms with Crippen molar-refractivity contribution in [2.75, 3.05) is 6.67 Å². The number of dihydropyridines is 1. The summed E-state index contributed by atoms with van der Waals surface area (Å²) in [4.78, 5) is 23.0. The highest BCUT2D eigenvalue weighted by molar-refractivity contribution is 5.96. The first kappa shape index (κ1) is 17.5. The van der Waals surface area contributed by atoms with Gasteiger partial charge in [0, 0.05) is 12.6 Å². The van der Waals surface area contributed by atoms with E-state index < -0.39 is 48.1 Å². The minimum atomic E-state index is -4.72. The van der Waals surface area contributed by atoms with E-state index in [2.05, 4.69) is 5.32 Å². The summed E-state index contributed by atoms with van der Waals surface area (Å²) in [7, 11) is 0. The van der Waals surface area contributed by atoms with Gasteiger partial charge >= 0.3 is 18.1 Å². The third-order valence-corrected chi connectivity index (χ3v) is 3.20. The number of benzene rings is 1. The first-order chi connectivity index (χ1) is 11.2. The molecule has 128 valence electrons. The number of hydrogen-bond acceptors (Lipinski definition) is 4. The van der Waals surface area contributed by atoms with Crippen LogP contribution in [0.2, 0.25) is 0 Å². The lowest BCUT2D eigenvalue weighted by molar-refractivity contribution is -0.141. The number of halogens is 4. The topological polar surface area (TPSA) is 75.6 Å². The molecule has 2 N–H and O–H groups in total. The summed E-state index contributed by atoms with van der Waals surface area (Å²) in [5.41, 5.74) is -1.99. The molecule has 0 fully saturated rings. The van der Waals surface area contributed by atoms with E-state index in [1.807, 2.05) is 0 Å². The van der Waals surface area contributed by atoms with E-state index in [1.54, 1.807) is 0 Å². The number of carbonyl (C=O) groups is 2. The van der Waals surface area contributed by atoms with E-state index in [9.17, 15) is 27.2 Å². The van der Waals surface area contributed by atoms with Gasteiger partial charge in [0.25, 0.3) is 0 Å². The molecule has 0 amide bonds. The standard InChI is InChI=1S/C15H11F4NO4/c16-6-11-9(13(21)22)5-8(7-20-11)14(23)24-12-4-2-1-3-10(12)15(17,18)19/h1-4,7,20H,5-6H2,(H,21,22). The van der Waals surface area contributed by atoms with Crippen molar-refractivity contribution in [3.63, 3.8) is 0 Å². The number of carboxylic acid groups (broad SMARTS) is 1. The quantitative estimate of drug-likeness (QED) is 0.499. The van der Waals surface area contributed by atoms with Crippen molar-refractivity contribution in [1.82, 2.24) is 5.32 Å². The monoisotopic (exact) mass is 345 g/mol. The summed E-state index contributed by atoms with van der Waals surface area (Å²) in [5.74, 6) is -3.30. The van der Waals surface area contributed by atoms with Gasteiger partial charge in [-0.05, 0) is 12.1 Å². The minimum absolute atomic E-state index is 0.227. The molecule has 0 bridgehead atoms. The number of carboxylic acids is 1. The molecule has 0 saturated heterocycles. The van der Waals surface area contributed by atoms with Gasteiger partial charge in [0.05, 0.1) is 22.4 Å². The number of carbonyl (C=O) groups excluding carboxylic acids is 1. The van der Waals surface area contributed by atoms with Crippen LogP contribution >= 0.6 is 0 Å². The van der Waals surface area contributed by atoms with Crippen LogP contribution in [-0.4, -0.2) is 23.7 Å². The maximum absolute atomic E-state index is 12.9. The van der Waals surface area contributed by atoms with Gasteiger partial charge in [-0.2, -0.15) is 13.2 Å². The fourth-order valence-electron chi connectivity index (χ4n) is 2.02. The Labute approximate surface area is 133 Å². The molecular formula is C15H11F4NO4. The summed E-state index contributed by atoms with van der Waals surface area (Å²) < 4.78 is 56.0. The average Bonchev–Trinajstić information content (AvgIpc) is 2.53. The molecule has 0 aromatic heterocycles. The molecule has 2 rings (SSSR count). The number of rotatable bonds is 4. The Balaban J connectivity index is 2.21. The predicted molar refractivity (Wildman–Crippen MR) is 73.6 cm³/mol. The third kappa shape index (κ3) is 3.73. The van der Waals surface area contributed by atoms with Gasteiger partial charge < -0.3 is 15.2 Å². The van der Waals surface area contributed by atoms with Gasteiger partial charge in [0.2, 0.25) is 0 Å². The van der Waals surface area contributed by atoms with Crippen molar-refractivity contribution in [3.8, 4) is 5.75 Å². The van der Waals surface area contributed by atoms with Gasteiger partial charge in [0.1, 0.15) is 12.4 Å². The molecule has 1 heterocycles. The van der Waals surface area contributed by atoms with E-state index in [0.717, 1.165) is 24.4 Å². The van der Waals surface area contributed by atoms with Gasteiger partial charge in [-0.3, -0.25) is 0 Å². The van der Waals surface area contributed by atoms with Crippen LogP contribution in [0.25, 0.3) is 0 Å². The highest BCUT2D eigenvalue weighted by Gasteiger charge is 2.35. The lowest BCUT2D eigenvalue weighted by Crippen LogP contribution is -2.25. The molecule has 0 unspecified atom stereocenters. The largest absolute Gasteiger partial charge is 0.478 e. The fourth-order valence-corrected chi connectivity index (χ4v) is 2.02. The van der Waals surface area contributed by atoms with E-state index >= 15 is 0 Å². The Morgan fingerprint density at radius 2 is 1.92 bits per heavy atom. The lowest BCUT2D eigenvalue weighted by Gasteiger charge is -2.18. The predicted octanol–water partition coefficient (Wildman–Crippen LogP) is 2.80. The zero-order valence-corrected chi connectivity index (χ0v) is 12.0. The Bertz CT molecular complexity index is 737. The summed E-state index contributed by atoms with van der Waals surface area (Å²) >= 11 is 0. The number of ether oxygens (including phenoxy) is 1. The Kier molecular flexibility index (Phi) is 4.91. The van der Waals surface area contributed by atoms with Crippen LogP contribution in [0.4, 0.5) is 17.6 Å². The van der Waals surface area contributed by atoms with Crippen molar-refractivity contribution in [2.24, 2.45) is 0 Å². The van der Waals surface area contributed by atoms with Crippen molar-refractivity contribution in [2.45, 2.75) is 12.6 Å². The average molecular weight is 345 g/mol. The summed E-state index contributed by atoms with van der Waals surface area (Å²) in [6.07, 6.45) is -4.17. The SMILES string of the molecule is O=C(O)C1=C(CF)NC=C(C(=O)Oc2ccccc2C(F)(F)F)C1. The lowest BCUT2D eigenvalue weighted by atomic mass is 10.0. The van der Waals surface area contributed by atoms with Crippen LogP contribution in [0.15, 0.2) is 47.3 Å². The molecule has 0 radical (unpaired) electrons. The van der Waals surface area contributed by atoms with Crippen LogP contribution in [0.1, 0.15) is 12.0 Å².